The standard InChI is InChI=1S/C16H21N3O2S2/c1-3-7-17-14(20)9(2)22-8-12-18-15(21)13-10-5-4-6-11(10)23-16(13)19-12/h9H,3-8H2,1-2H3,(H,17,20)(H,18,19,21)/t9-/m0/s1. The van der Waals surface area contributed by atoms with Gasteiger partial charge in [0.25, 0.3) is 5.56 Å². The van der Waals surface area contributed by atoms with Gasteiger partial charge in [-0.05, 0) is 38.2 Å². The molecule has 0 aliphatic heterocycles. The van der Waals surface area contributed by atoms with Crippen LogP contribution in [0.15, 0.2) is 4.79 Å². The van der Waals surface area contributed by atoms with E-state index >= 15 is 0 Å². The van der Waals surface area contributed by atoms with Crippen LogP contribution in [0.4, 0.5) is 0 Å². The number of hydrogen-bond acceptors (Lipinski definition) is 5. The average Bonchev–Trinajstić information content (AvgIpc) is 3.10. The van der Waals surface area contributed by atoms with Crippen molar-refractivity contribution in [3.8, 4) is 0 Å². The molecule has 2 aromatic rings. The lowest BCUT2D eigenvalue weighted by Crippen LogP contribution is -2.31. The normalized spacial score (nSPS) is 14.9. The summed E-state index contributed by atoms with van der Waals surface area (Å²) >= 11 is 3.14. The molecule has 0 spiro atoms. The van der Waals surface area contributed by atoms with Gasteiger partial charge in [0, 0.05) is 11.4 Å². The maximum absolute atomic E-state index is 12.4. The maximum atomic E-state index is 12.4. The highest BCUT2D eigenvalue weighted by Gasteiger charge is 2.21. The third kappa shape index (κ3) is 3.45. The molecule has 23 heavy (non-hydrogen) atoms. The number of thioether (sulfide) groups is 1. The van der Waals surface area contributed by atoms with Crippen LogP contribution >= 0.6 is 23.1 Å². The Kier molecular flexibility index (Phi) is 5.06. The predicted octanol–water partition coefficient (Wildman–Crippen LogP) is 2.62. The number of aromatic nitrogens is 2. The molecule has 5 nitrogen and oxygen atoms in total. The van der Waals surface area contributed by atoms with Crippen LogP contribution in [0.25, 0.3) is 10.2 Å². The summed E-state index contributed by atoms with van der Waals surface area (Å²) in [6.45, 7) is 4.61. The zero-order valence-electron chi connectivity index (χ0n) is 13.4. The van der Waals surface area contributed by atoms with Gasteiger partial charge in [-0.1, -0.05) is 6.92 Å². The Labute approximate surface area is 143 Å². The van der Waals surface area contributed by atoms with Gasteiger partial charge in [0.15, 0.2) is 0 Å². The third-order valence-electron chi connectivity index (χ3n) is 4.01. The number of nitrogens with zero attached hydrogens (tertiary/aromatic N) is 1. The molecule has 1 aliphatic carbocycles. The molecule has 2 N–H and O–H groups in total. The van der Waals surface area contributed by atoms with Crippen molar-refractivity contribution in [2.45, 2.75) is 50.5 Å². The van der Waals surface area contributed by atoms with Gasteiger partial charge in [0.05, 0.1) is 16.4 Å². The molecule has 0 fully saturated rings. The summed E-state index contributed by atoms with van der Waals surface area (Å²) in [4.78, 5) is 33.9. The molecular formula is C16H21N3O2S2. The van der Waals surface area contributed by atoms with Crippen LogP contribution in [-0.4, -0.2) is 27.7 Å². The Morgan fingerprint density at radius 3 is 3.09 bits per heavy atom. The van der Waals surface area contributed by atoms with Crippen molar-refractivity contribution in [2.24, 2.45) is 0 Å². The van der Waals surface area contributed by atoms with Crippen LogP contribution < -0.4 is 10.9 Å². The summed E-state index contributed by atoms with van der Waals surface area (Å²) in [6.07, 6.45) is 4.12. The van der Waals surface area contributed by atoms with E-state index in [9.17, 15) is 9.59 Å². The Balaban J connectivity index is 1.72. The lowest BCUT2D eigenvalue weighted by atomic mass is 10.2. The van der Waals surface area contributed by atoms with Gasteiger partial charge in [-0.25, -0.2) is 4.98 Å². The van der Waals surface area contributed by atoms with Crippen molar-refractivity contribution in [1.82, 2.24) is 15.3 Å². The average molecular weight is 351 g/mol. The second-order valence-electron chi connectivity index (χ2n) is 5.79. The van der Waals surface area contributed by atoms with E-state index in [2.05, 4.69) is 15.3 Å². The van der Waals surface area contributed by atoms with Gasteiger partial charge in [0.2, 0.25) is 5.91 Å². The lowest BCUT2D eigenvalue weighted by molar-refractivity contribution is -0.120. The number of rotatable bonds is 6. The van der Waals surface area contributed by atoms with E-state index in [1.54, 1.807) is 11.3 Å². The fraction of sp³-hybridized carbons (Fsp3) is 0.562. The van der Waals surface area contributed by atoms with Crippen LogP contribution in [0.3, 0.4) is 0 Å². The summed E-state index contributed by atoms with van der Waals surface area (Å²) in [5.74, 6) is 1.23. The number of carbonyl (C=O) groups is 1. The highest BCUT2D eigenvalue weighted by Crippen LogP contribution is 2.34. The van der Waals surface area contributed by atoms with Crippen LogP contribution in [-0.2, 0) is 23.4 Å². The van der Waals surface area contributed by atoms with Crippen molar-refractivity contribution in [3.63, 3.8) is 0 Å². The SMILES string of the molecule is CCCNC(=O)[C@H](C)SCc1nc2sc3c(c2c(=O)[nH]1)CCC3. The number of aromatic amines is 1. The number of thiophene rings is 1. The fourth-order valence-electron chi connectivity index (χ4n) is 2.79. The minimum absolute atomic E-state index is 0.0342. The van der Waals surface area contributed by atoms with Crippen LogP contribution in [0, 0.1) is 0 Å². The van der Waals surface area contributed by atoms with Crippen molar-refractivity contribution in [1.29, 1.82) is 0 Å². The van der Waals surface area contributed by atoms with Crippen molar-refractivity contribution < 1.29 is 4.79 Å². The monoisotopic (exact) mass is 351 g/mol. The lowest BCUT2D eigenvalue weighted by Gasteiger charge is -2.11. The molecule has 0 aromatic carbocycles. The fourth-order valence-corrected chi connectivity index (χ4v) is 4.85. The smallest absolute Gasteiger partial charge is 0.259 e. The number of nitrogens with one attached hydrogen (secondary N) is 2. The summed E-state index contributed by atoms with van der Waals surface area (Å²) < 4.78 is 0. The predicted molar refractivity (Wildman–Crippen MR) is 96.3 cm³/mol. The Morgan fingerprint density at radius 2 is 2.30 bits per heavy atom. The van der Waals surface area contributed by atoms with Gasteiger partial charge in [-0.15, -0.1) is 23.1 Å². The van der Waals surface area contributed by atoms with Gasteiger partial charge in [-0.3, -0.25) is 9.59 Å². The molecule has 3 rings (SSSR count). The molecule has 124 valence electrons. The molecule has 0 bridgehead atoms. The number of carbonyl (C=O) groups excluding carboxylic acids is 1. The zero-order chi connectivity index (χ0) is 16.4. The van der Waals surface area contributed by atoms with Crippen molar-refractivity contribution >= 4 is 39.2 Å². The summed E-state index contributed by atoms with van der Waals surface area (Å²) in [5.41, 5.74) is 1.17. The first kappa shape index (κ1) is 16.5. The Bertz CT molecular complexity index is 781. The second-order valence-corrected chi connectivity index (χ2v) is 8.21. The van der Waals surface area contributed by atoms with Crippen LogP contribution in [0.1, 0.15) is 43.0 Å². The summed E-state index contributed by atoms with van der Waals surface area (Å²) in [5, 5.41) is 3.51. The number of amides is 1. The van der Waals surface area contributed by atoms with Crippen molar-refractivity contribution in [3.05, 3.63) is 26.6 Å². The summed E-state index contributed by atoms with van der Waals surface area (Å²) in [7, 11) is 0. The van der Waals surface area contributed by atoms with Gasteiger partial charge < -0.3 is 10.3 Å². The topological polar surface area (TPSA) is 74.8 Å². The molecule has 0 saturated carbocycles. The minimum Gasteiger partial charge on any atom is -0.355 e. The maximum Gasteiger partial charge on any atom is 0.259 e. The van der Waals surface area contributed by atoms with E-state index in [0.29, 0.717) is 18.1 Å². The van der Waals surface area contributed by atoms with E-state index < -0.39 is 0 Å². The van der Waals surface area contributed by atoms with Gasteiger partial charge >= 0.3 is 0 Å². The largest absolute Gasteiger partial charge is 0.355 e. The van der Waals surface area contributed by atoms with Gasteiger partial charge in [0.1, 0.15) is 10.7 Å². The number of aryl methyl sites for hydroxylation is 2. The molecule has 0 radical (unpaired) electrons. The molecule has 0 saturated heterocycles. The molecule has 2 heterocycles. The Hall–Kier alpha value is -1.34. The zero-order valence-corrected chi connectivity index (χ0v) is 15.0. The minimum atomic E-state index is -0.157. The molecule has 2 aromatic heterocycles. The van der Waals surface area contributed by atoms with E-state index in [-0.39, 0.29) is 16.7 Å². The first-order valence-corrected chi connectivity index (χ1v) is 9.89. The van der Waals surface area contributed by atoms with E-state index in [0.717, 1.165) is 35.9 Å². The Morgan fingerprint density at radius 1 is 1.48 bits per heavy atom. The molecular weight excluding hydrogens is 330 g/mol. The first-order chi connectivity index (χ1) is 11.1. The highest BCUT2D eigenvalue weighted by atomic mass is 32.2. The summed E-state index contributed by atoms with van der Waals surface area (Å²) in [6, 6.07) is 0. The molecule has 1 amide bonds. The molecule has 1 aliphatic rings. The quantitative estimate of drug-likeness (QED) is 0.839. The van der Waals surface area contributed by atoms with E-state index in [4.69, 9.17) is 0 Å². The van der Waals surface area contributed by atoms with Crippen LogP contribution in [0.5, 0.6) is 0 Å². The second kappa shape index (κ2) is 7.05. The number of hydrogen-bond donors (Lipinski definition) is 2. The first-order valence-electron chi connectivity index (χ1n) is 8.03. The number of fused-ring (bicyclic) bond motifs is 3. The van der Waals surface area contributed by atoms with E-state index in [1.165, 1.54) is 22.2 Å². The van der Waals surface area contributed by atoms with Gasteiger partial charge in [-0.2, -0.15) is 0 Å². The van der Waals surface area contributed by atoms with Crippen LogP contribution in [0.2, 0.25) is 0 Å². The molecule has 7 heteroatoms. The third-order valence-corrected chi connectivity index (χ3v) is 6.35. The molecule has 1 atom stereocenters. The van der Waals surface area contributed by atoms with Crippen molar-refractivity contribution in [2.75, 3.05) is 6.54 Å². The van der Waals surface area contributed by atoms with E-state index in [1.807, 2.05) is 13.8 Å². The molecule has 0 unspecified atom stereocenters. The highest BCUT2D eigenvalue weighted by molar-refractivity contribution is 7.99. The number of H-pyrrole nitrogens is 1.